The number of rotatable bonds is 9. The average molecular weight is 384 g/mol. The molecule has 0 bridgehead atoms. The Hall–Kier alpha value is -3.22. The van der Waals surface area contributed by atoms with Gasteiger partial charge in [0, 0.05) is 25.2 Å². The van der Waals surface area contributed by atoms with Crippen LogP contribution in [0.15, 0.2) is 53.5 Å². The number of methoxy groups -OCH3 is 1. The zero-order chi connectivity index (χ0) is 20.2. The van der Waals surface area contributed by atoms with Gasteiger partial charge in [-0.2, -0.15) is 0 Å². The number of aromatic hydroxyl groups is 1. The Morgan fingerprint density at radius 3 is 2.61 bits per heavy atom. The highest BCUT2D eigenvalue weighted by Gasteiger charge is 2.05. The van der Waals surface area contributed by atoms with Crippen LogP contribution < -0.4 is 20.7 Å². The number of phenols is 1. The van der Waals surface area contributed by atoms with Crippen molar-refractivity contribution in [3.05, 3.63) is 59.7 Å². The van der Waals surface area contributed by atoms with Crippen LogP contribution >= 0.6 is 0 Å². The number of carbonyl (C=O) groups is 1. The fourth-order valence-corrected chi connectivity index (χ4v) is 2.53. The number of amides is 1. The molecule has 0 aliphatic carbocycles. The first-order chi connectivity index (χ1) is 13.6. The van der Waals surface area contributed by atoms with Crippen LogP contribution in [-0.2, 0) is 6.54 Å². The van der Waals surface area contributed by atoms with E-state index in [2.05, 4.69) is 20.9 Å². The summed E-state index contributed by atoms with van der Waals surface area (Å²) in [6, 6.07) is 14.1. The first kappa shape index (κ1) is 21.1. The lowest BCUT2D eigenvalue weighted by Gasteiger charge is -2.12. The minimum absolute atomic E-state index is 0.0804. The van der Waals surface area contributed by atoms with Gasteiger partial charge in [-0.15, -0.1) is 0 Å². The average Bonchev–Trinajstić information content (AvgIpc) is 2.71. The molecule has 7 heteroatoms. The number of ether oxygens (including phenoxy) is 1. The maximum Gasteiger partial charge on any atom is 0.251 e. The zero-order valence-electron chi connectivity index (χ0n) is 16.4. The first-order valence-electron chi connectivity index (χ1n) is 9.34. The van der Waals surface area contributed by atoms with Crippen molar-refractivity contribution in [2.24, 2.45) is 4.99 Å². The van der Waals surface area contributed by atoms with Crippen LogP contribution in [0.5, 0.6) is 11.5 Å². The maximum absolute atomic E-state index is 12.0. The number of hydrogen-bond acceptors (Lipinski definition) is 4. The summed E-state index contributed by atoms with van der Waals surface area (Å²) >= 11 is 0. The van der Waals surface area contributed by atoms with Crippen molar-refractivity contribution in [3.63, 3.8) is 0 Å². The summed E-state index contributed by atoms with van der Waals surface area (Å²) in [7, 11) is 1.65. The fraction of sp³-hybridized carbons (Fsp3) is 0.333. The number of nitrogens with zero attached hydrogens (tertiary/aromatic N) is 1. The third-order valence-electron chi connectivity index (χ3n) is 3.94. The molecule has 2 rings (SSSR count). The van der Waals surface area contributed by atoms with Crippen molar-refractivity contribution in [2.45, 2.75) is 19.9 Å². The molecule has 2 aromatic carbocycles. The number of carbonyl (C=O) groups excluding carboxylic acids is 1. The second-order valence-electron chi connectivity index (χ2n) is 6.13. The molecular weight excluding hydrogens is 356 g/mol. The van der Waals surface area contributed by atoms with Crippen molar-refractivity contribution < 1.29 is 14.6 Å². The molecule has 0 aliphatic heterocycles. The summed E-state index contributed by atoms with van der Waals surface area (Å²) in [5.74, 6) is 1.42. The smallest absolute Gasteiger partial charge is 0.251 e. The highest BCUT2D eigenvalue weighted by Crippen LogP contribution is 2.13. The Bertz CT molecular complexity index is 793. The van der Waals surface area contributed by atoms with Crippen LogP contribution in [-0.4, -0.2) is 43.7 Å². The molecule has 2 aromatic rings. The molecule has 0 spiro atoms. The molecule has 150 valence electrons. The van der Waals surface area contributed by atoms with Crippen LogP contribution in [0.1, 0.15) is 29.3 Å². The highest BCUT2D eigenvalue weighted by atomic mass is 16.5. The van der Waals surface area contributed by atoms with Crippen molar-refractivity contribution in [1.29, 1.82) is 0 Å². The van der Waals surface area contributed by atoms with Gasteiger partial charge in [0.2, 0.25) is 0 Å². The SMILES string of the molecule is CCNC(=NCc1cccc(OC)c1)NCCCNC(=O)c1cccc(O)c1. The van der Waals surface area contributed by atoms with E-state index in [0.717, 1.165) is 30.2 Å². The molecule has 4 N–H and O–H groups in total. The molecule has 0 heterocycles. The lowest BCUT2D eigenvalue weighted by atomic mass is 10.2. The highest BCUT2D eigenvalue weighted by molar-refractivity contribution is 5.94. The standard InChI is InChI=1S/C21H28N4O3/c1-3-22-21(25-15-16-7-4-10-19(13-16)28-2)24-12-6-11-23-20(27)17-8-5-9-18(26)14-17/h4-5,7-10,13-14,26H,3,6,11-12,15H2,1-2H3,(H,23,27)(H2,22,24,25). The van der Waals surface area contributed by atoms with Gasteiger partial charge in [0.15, 0.2) is 5.96 Å². The van der Waals surface area contributed by atoms with E-state index in [1.165, 1.54) is 12.1 Å². The Kier molecular flexibility index (Phi) is 8.65. The molecule has 0 radical (unpaired) electrons. The molecule has 0 fully saturated rings. The summed E-state index contributed by atoms with van der Waals surface area (Å²) in [6.07, 6.45) is 0.744. The van der Waals surface area contributed by atoms with Crippen LogP contribution in [0.2, 0.25) is 0 Å². The van der Waals surface area contributed by atoms with Gasteiger partial charge in [-0.25, -0.2) is 4.99 Å². The van der Waals surface area contributed by atoms with Gasteiger partial charge in [-0.3, -0.25) is 4.79 Å². The second kappa shape index (κ2) is 11.5. The minimum atomic E-state index is -0.200. The predicted molar refractivity (Wildman–Crippen MR) is 111 cm³/mol. The van der Waals surface area contributed by atoms with E-state index in [-0.39, 0.29) is 11.7 Å². The number of guanidine groups is 1. The van der Waals surface area contributed by atoms with Gasteiger partial charge >= 0.3 is 0 Å². The number of hydrogen-bond donors (Lipinski definition) is 4. The molecule has 7 nitrogen and oxygen atoms in total. The van der Waals surface area contributed by atoms with Crippen molar-refractivity contribution in [2.75, 3.05) is 26.7 Å². The predicted octanol–water partition coefficient (Wildman–Crippen LogP) is 2.28. The van der Waals surface area contributed by atoms with E-state index in [4.69, 9.17) is 4.74 Å². The van der Waals surface area contributed by atoms with Gasteiger partial charge in [-0.1, -0.05) is 18.2 Å². The molecule has 1 amide bonds. The Balaban J connectivity index is 1.75. The van der Waals surface area contributed by atoms with Crippen LogP contribution in [0.25, 0.3) is 0 Å². The fourth-order valence-electron chi connectivity index (χ4n) is 2.53. The van der Waals surface area contributed by atoms with E-state index in [1.807, 2.05) is 31.2 Å². The normalized spacial score (nSPS) is 11.0. The van der Waals surface area contributed by atoms with E-state index in [1.54, 1.807) is 19.2 Å². The van der Waals surface area contributed by atoms with Crippen molar-refractivity contribution in [1.82, 2.24) is 16.0 Å². The second-order valence-corrected chi connectivity index (χ2v) is 6.13. The van der Waals surface area contributed by atoms with Crippen molar-refractivity contribution >= 4 is 11.9 Å². The maximum atomic E-state index is 12.0. The molecule has 0 aromatic heterocycles. The van der Waals surface area contributed by atoms with Gasteiger partial charge in [0.25, 0.3) is 5.91 Å². The molecule has 0 aliphatic rings. The summed E-state index contributed by atoms with van der Waals surface area (Å²) in [5, 5.41) is 18.7. The molecule has 0 unspecified atom stereocenters. The molecule has 28 heavy (non-hydrogen) atoms. The van der Waals surface area contributed by atoms with Crippen LogP contribution in [0.3, 0.4) is 0 Å². The van der Waals surface area contributed by atoms with Crippen molar-refractivity contribution in [3.8, 4) is 11.5 Å². The summed E-state index contributed by atoms with van der Waals surface area (Å²) in [6.45, 7) is 4.51. The lowest BCUT2D eigenvalue weighted by Crippen LogP contribution is -2.38. The van der Waals surface area contributed by atoms with E-state index in [0.29, 0.717) is 25.2 Å². The number of aliphatic imine (C=N–C) groups is 1. The zero-order valence-corrected chi connectivity index (χ0v) is 16.4. The third-order valence-corrected chi connectivity index (χ3v) is 3.94. The Morgan fingerprint density at radius 1 is 1.07 bits per heavy atom. The first-order valence-corrected chi connectivity index (χ1v) is 9.34. The molecule has 0 saturated carbocycles. The summed E-state index contributed by atoms with van der Waals surface area (Å²) in [4.78, 5) is 16.6. The van der Waals surface area contributed by atoms with Gasteiger partial charge in [0.05, 0.1) is 13.7 Å². The molecular formula is C21H28N4O3. The molecule has 0 saturated heterocycles. The Morgan fingerprint density at radius 2 is 1.86 bits per heavy atom. The largest absolute Gasteiger partial charge is 0.508 e. The monoisotopic (exact) mass is 384 g/mol. The third kappa shape index (κ3) is 7.19. The minimum Gasteiger partial charge on any atom is -0.508 e. The topological polar surface area (TPSA) is 95.0 Å². The summed E-state index contributed by atoms with van der Waals surface area (Å²) < 4.78 is 5.23. The number of nitrogens with one attached hydrogen (secondary N) is 3. The van der Waals surface area contributed by atoms with E-state index < -0.39 is 0 Å². The summed E-state index contributed by atoms with van der Waals surface area (Å²) in [5.41, 5.74) is 1.51. The van der Waals surface area contributed by atoms with E-state index in [9.17, 15) is 9.90 Å². The number of benzene rings is 2. The Labute approximate surface area is 165 Å². The quantitative estimate of drug-likeness (QED) is 0.302. The van der Waals surface area contributed by atoms with Gasteiger partial charge < -0.3 is 25.8 Å². The van der Waals surface area contributed by atoms with Gasteiger partial charge in [0.1, 0.15) is 11.5 Å². The van der Waals surface area contributed by atoms with Crippen LogP contribution in [0, 0.1) is 0 Å². The lowest BCUT2D eigenvalue weighted by molar-refractivity contribution is 0.0953. The molecule has 0 atom stereocenters. The van der Waals surface area contributed by atoms with E-state index >= 15 is 0 Å². The van der Waals surface area contributed by atoms with Crippen LogP contribution in [0.4, 0.5) is 0 Å². The van der Waals surface area contributed by atoms with Gasteiger partial charge in [-0.05, 0) is 49.2 Å². The number of phenolic OH excluding ortho intramolecular Hbond substituents is 1.